The summed E-state index contributed by atoms with van der Waals surface area (Å²) in [6, 6.07) is 24.9. The number of hydrogen-bond donors (Lipinski definition) is 1. The Morgan fingerprint density at radius 1 is 0.970 bits per heavy atom. The van der Waals surface area contributed by atoms with Crippen LogP contribution >= 0.6 is 0 Å². The number of rotatable bonds is 7. The lowest BCUT2D eigenvalue weighted by Crippen LogP contribution is -2.28. The van der Waals surface area contributed by atoms with Crippen LogP contribution in [0.5, 0.6) is 5.75 Å². The summed E-state index contributed by atoms with van der Waals surface area (Å²) in [6.07, 6.45) is 0.780. The molecule has 6 heteroatoms. The quantitative estimate of drug-likeness (QED) is 0.554. The van der Waals surface area contributed by atoms with Gasteiger partial charge in [-0.3, -0.25) is 9.59 Å². The standard InChI is InChI=1S/C27H27N3O3/c1-19-8-6-7-11-23(19)28-26(31)16-17-27(32)30-25(21-12-14-22(33-2)15-13-21)18-24(29-30)20-9-4-3-5-10-20/h3-15,25H,16-18H2,1-2H3,(H,28,31). The topological polar surface area (TPSA) is 71.0 Å². The minimum atomic E-state index is -0.224. The van der Waals surface area contributed by atoms with E-state index in [9.17, 15) is 9.59 Å². The van der Waals surface area contributed by atoms with E-state index in [0.717, 1.165) is 33.8 Å². The van der Waals surface area contributed by atoms with Gasteiger partial charge < -0.3 is 10.1 Å². The lowest BCUT2D eigenvalue weighted by Gasteiger charge is -2.22. The molecule has 3 aromatic carbocycles. The highest BCUT2D eigenvalue weighted by atomic mass is 16.5. The molecule has 0 aliphatic carbocycles. The third-order valence-electron chi connectivity index (χ3n) is 5.76. The molecule has 3 aromatic rings. The van der Waals surface area contributed by atoms with Crippen LogP contribution in [0.3, 0.4) is 0 Å². The lowest BCUT2D eigenvalue weighted by atomic mass is 9.98. The number of nitrogens with one attached hydrogen (secondary N) is 1. The number of carbonyl (C=O) groups excluding carboxylic acids is 2. The average Bonchev–Trinajstić information content (AvgIpc) is 3.30. The number of benzene rings is 3. The molecule has 0 saturated carbocycles. The van der Waals surface area contributed by atoms with Gasteiger partial charge >= 0.3 is 0 Å². The van der Waals surface area contributed by atoms with Gasteiger partial charge in [-0.1, -0.05) is 60.7 Å². The summed E-state index contributed by atoms with van der Waals surface area (Å²) in [5.41, 5.74) is 4.56. The Hall–Kier alpha value is -3.93. The van der Waals surface area contributed by atoms with Crippen molar-refractivity contribution in [2.75, 3.05) is 12.4 Å². The maximum absolute atomic E-state index is 13.2. The van der Waals surface area contributed by atoms with Crippen molar-refractivity contribution in [1.29, 1.82) is 0 Å². The summed E-state index contributed by atoms with van der Waals surface area (Å²) < 4.78 is 5.27. The molecular formula is C27H27N3O3. The molecule has 0 bridgehead atoms. The van der Waals surface area contributed by atoms with E-state index in [4.69, 9.17) is 4.74 Å². The third kappa shape index (κ3) is 5.29. The summed E-state index contributed by atoms with van der Waals surface area (Å²) in [4.78, 5) is 25.6. The van der Waals surface area contributed by atoms with E-state index in [1.165, 1.54) is 5.01 Å². The highest BCUT2D eigenvalue weighted by Crippen LogP contribution is 2.34. The van der Waals surface area contributed by atoms with Crippen LogP contribution in [-0.2, 0) is 9.59 Å². The zero-order valence-corrected chi connectivity index (χ0v) is 18.8. The van der Waals surface area contributed by atoms with Gasteiger partial charge in [0.05, 0.1) is 18.9 Å². The zero-order valence-electron chi connectivity index (χ0n) is 18.8. The van der Waals surface area contributed by atoms with Gasteiger partial charge in [0.2, 0.25) is 11.8 Å². The highest BCUT2D eigenvalue weighted by Gasteiger charge is 2.33. The molecule has 168 valence electrons. The second-order valence-electron chi connectivity index (χ2n) is 8.01. The van der Waals surface area contributed by atoms with Crippen molar-refractivity contribution in [3.8, 4) is 5.75 Å². The number of anilines is 1. The SMILES string of the molecule is COc1ccc(C2CC(c3ccccc3)=NN2C(=O)CCC(=O)Nc2ccccc2C)cc1. The molecule has 1 heterocycles. The van der Waals surface area contributed by atoms with Crippen molar-refractivity contribution in [3.05, 3.63) is 95.6 Å². The second-order valence-corrected chi connectivity index (χ2v) is 8.01. The van der Waals surface area contributed by atoms with Crippen molar-refractivity contribution in [2.24, 2.45) is 5.10 Å². The lowest BCUT2D eigenvalue weighted by molar-refractivity contribution is -0.134. The Labute approximate surface area is 193 Å². The van der Waals surface area contributed by atoms with Crippen LogP contribution in [0.4, 0.5) is 5.69 Å². The van der Waals surface area contributed by atoms with Gasteiger partial charge in [-0.05, 0) is 41.8 Å². The van der Waals surface area contributed by atoms with Gasteiger partial charge in [-0.2, -0.15) is 5.10 Å². The first-order valence-electron chi connectivity index (χ1n) is 11.0. The first-order valence-corrected chi connectivity index (χ1v) is 11.0. The predicted molar refractivity (Wildman–Crippen MR) is 129 cm³/mol. The van der Waals surface area contributed by atoms with Gasteiger partial charge in [0, 0.05) is 24.9 Å². The van der Waals surface area contributed by atoms with Crippen LogP contribution in [0, 0.1) is 6.92 Å². The number of methoxy groups -OCH3 is 1. The maximum Gasteiger partial charge on any atom is 0.243 e. The summed E-state index contributed by atoms with van der Waals surface area (Å²) in [7, 11) is 1.62. The number of hydrazone groups is 1. The van der Waals surface area contributed by atoms with Crippen LogP contribution < -0.4 is 10.1 Å². The van der Waals surface area contributed by atoms with Gasteiger partial charge in [0.15, 0.2) is 0 Å². The molecule has 6 nitrogen and oxygen atoms in total. The third-order valence-corrected chi connectivity index (χ3v) is 5.76. The zero-order chi connectivity index (χ0) is 23.2. The van der Waals surface area contributed by atoms with Gasteiger partial charge in [0.25, 0.3) is 0 Å². The van der Waals surface area contributed by atoms with E-state index < -0.39 is 0 Å². The summed E-state index contributed by atoms with van der Waals surface area (Å²) in [5, 5.41) is 9.09. The van der Waals surface area contributed by atoms with Crippen molar-refractivity contribution >= 4 is 23.2 Å². The summed E-state index contributed by atoms with van der Waals surface area (Å²) in [6.45, 7) is 1.93. The Morgan fingerprint density at radius 3 is 2.36 bits per heavy atom. The fourth-order valence-corrected chi connectivity index (χ4v) is 3.89. The molecule has 33 heavy (non-hydrogen) atoms. The number of carbonyl (C=O) groups is 2. The molecule has 0 fully saturated rings. The van der Waals surface area contributed by atoms with Crippen LogP contribution in [0.25, 0.3) is 0 Å². The van der Waals surface area contributed by atoms with Crippen molar-refractivity contribution in [3.63, 3.8) is 0 Å². The van der Waals surface area contributed by atoms with E-state index in [1.807, 2.05) is 85.8 Å². The van der Waals surface area contributed by atoms with Crippen molar-refractivity contribution in [1.82, 2.24) is 5.01 Å². The fraction of sp³-hybridized carbons (Fsp3) is 0.222. The molecule has 2 amide bonds. The molecule has 1 aliphatic rings. The Balaban J connectivity index is 1.49. The number of ether oxygens (including phenoxy) is 1. The number of amides is 2. The van der Waals surface area contributed by atoms with Gasteiger partial charge in [-0.25, -0.2) is 5.01 Å². The number of para-hydroxylation sites is 1. The molecule has 0 aromatic heterocycles. The minimum Gasteiger partial charge on any atom is -0.497 e. The molecule has 1 unspecified atom stereocenters. The molecule has 0 radical (unpaired) electrons. The Morgan fingerprint density at radius 2 is 1.67 bits per heavy atom. The number of aryl methyl sites for hydroxylation is 1. The van der Waals surface area contributed by atoms with Gasteiger partial charge in [-0.15, -0.1) is 0 Å². The normalized spacial score (nSPS) is 15.2. The van der Waals surface area contributed by atoms with Crippen LogP contribution in [0.15, 0.2) is 84.0 Å². The van der Waals surface area contributed by atoms with Crippen LogP contribution in [0.1, 0.15) is 42.0 Å². The fourth-order valence-electron chi connectivity index (χ4n) is 3.89. The first-order chi connectivity index (χ1) is 16.0. The molecule has 1 atom stereocenters. The monoisotopic (exact) mass is 441 g/mol. The predicted octanol–water partition coefficient (Wildman–Crippen LogP) is 5.10. The second kappa shape index (κ2) is 10.1. The van der Waals surface area contributed by atoms with E-state index in [-0.39, 0.29) is 30.7 Å². The average molecular weight is 442 g/mol. The van der Waals surface area contributed by atoms with Crippen molar-refractivity contribution < 1.29 is 14.3 Å². The van der Waals surface area contributed by atoms with E-state index >= 15 is 0 Å². The minimum absolute atomic E-state index is 0.0793. The van der Waals surface area contributed by atoms with E-state index in [0.29, 0.717) is 6.42 Å². The van der Waals surface area contributed by atoms with Gasteiger partial charge in [0.1, 0.15) is 5.75 Å². The molecule has 4 rings (SSSR count). The van der Waals surface area contributed by atoms with Crippen LogP contribution in [0.2, 0.25) is 0 Å². The molecule has 1 aliphatic heterocycles. The molecule has 0 spiro atoms. The molecule has 1 N–H and O–H groups in total. The summed E-state index contributed by atoms with van der Waals surface area (Å²) in [5.74, 6) is 0.387. The van der Waals surface area contributed by atoms with Crippen molar-refractivity contribution in [2.45, 2.75) is 32.2 Å². The number of nitrogens with zero attached hydrogens (tertiary/aromatic N) is 2. The maximum atomic E-state index is 13.2. The Kier molecular flexibility index (Phi) is 6.83. The molecular weight excluding hydrogens is 414 g/mol. The van der Waals surface area contributed by atoms with E-state index in [1.54, 1.807) is 7.11 Å². The first kappa shape index (κ1) is 22.3. The summed E-state index contributed by atoms with van der Waals surface area (Å²) >= 11 is 0. The highest BCUT2D eigenvalue weighted by molar-refractivity contribution is 6.03. The largest absolute Gasteiger partial charge is 0.497 e. The smallest absolute Gasteiger partial charge is 0.243 e. The number of hydrogen-bond acceptors (Lipinski definition) is 4. The van der Waals surface area contributed by atoms with E-state index in [2.05, 4.69) is 10.4 Å². The molecule has 0 saturated heterocycles. The van der Waals surface area contributed by atoms with Crippen LogP contribution in [-0.4, -0.2) is 29.6 Å². The Bertz CT molecular complexity index is 1160.